The number of nitrogens with zero attached hydrogens (tertiary/aromatic N) is 2. The van der Waals surface area contributed by atoms with Crippen LogP contribution in [0.1, 0.15) is 32.9 Å². The van der Waals surface area contributed by atoms with Crippen molar-refractivity contribution in [3.05, 3.63) is 57.3 Å². The molecule has 2 aromatic rings. The Kier molecular flexibility index (Phi) is 5.46. The second-order valence-electron chi connectivity index (χ2n) is 6.20. The highest BCUT2D eigenvalue weighted by molar-refractivity contribution is 8.18. The second-order valence-corrected chi connectivity index (χ2v) is 7.19. The number of carbonyl (C=O) groups is 3. The van der Waals surface area contributed by atoms with Gasteiger partial charge in [-0.1, -0.05) is 35.0 Å². The first kappa shape index (κ1) is 18.9. The van der Waals surface area contributed by atoms with E-state index in [9.17, 15) is 14.4 Å². The SMILES string of the molecule is Cc1ccc(/C=C2\SC(=O)N(CCNC(=O)c3c(C)noc3C)C2=O)cc1. The lowest BCUT2D eigenvalue weighted by molar-refractivity contribution is -0.122. The normalized spacial score (nSPS) is 15.7. The summed E-state index contributed by atoms with van der Waals surface area (Å²) in [7, 11) is 0. The van der Waals surface area contributed by atoms with Gasteiger partial charge in [0.15, 0.2) is 0 Å². The predicted molar refractivity (Wildman–Crippen MR) is 102 cm³/mol. The number of imide groups is 1. The molecular formula is C19H19N3O4S. The number of aromatic nitrogens is 1. The van der Waals surface area contributed by atoms with Gasteiger partial charge in [-0.3, -0.25) is 19.3 Å². The van der Waals surface area contributed by atoms with Crippen molar-refractivity contribution in [1.29, 1.82) is 0 Å². The molecule has 1 fully saturated rings. The molecule has 1 aliphatic heterocycles. The fraction of sp³-hybridized carbons (Fsp3) is 0.263. The molecule has 8 heteroatoms. The average molecular weight is 385 g/mol. The maximum atomic E-state index is 12.5. The van der Waals surface area contributed by atoms with E-state index in [1.165, 1.54) is 0 Å². The number of hydrogen-bond donors (Lipinski definition) is 1. The molecule has 0 bridgehead atoms. The summed E-state index contributed by atoms with van der Waals surface area (Å²) in [5.41, 5.74) is 2.85. The fourth-order valence-corrected chi connectivity index (χ4v) is 3.55. The first-order valence-corrected chi connectivity index (χ1v) is 9.21. The van der Waals surface area contributed by atoms with Crippen LogP contribution in [0.15, 0.2) is 33.7 Å². The first-order valence-electron chi connectivity index (χ1n) is 8.40. The number of nitrogens with one attached hydrogen (secondary N) is 1. The van der Waals surface area contributed by atoms with E-state index in [0.29, 0.717) is 21.9 Å². The van der Waals surface area contributed by atoms with Gasteiger partial charge in [-0.15, -0.1) is 0 Å². The third-order valence-electron chi connectivity index (χ3n) is 4.13. The average Bonchev–Trinajstić information content (AvgIpc) is 3.10. The number of amides is 3. The molecule has 3 amide bonds. The second kappa shape index (κ2) is 7.79. The Morgan fingerprint density at radius 1 is 1.22 bits per heavy atom. The molecule has 1 saturated heterocycles. The molecule has 1 aromatic heterocycles. The van der Waals surface area contributed by atoms with Gasteiger partial charge in [0.25, 0.3) is 17.1 Å². The molecule has 1 aromatic carbocycles. The number of hydrogen-bond acceptors (Lipinski definition) is 6. The summed E-state index contributed by atoms with van der Waals surface area (Å²) >= 11 is 0.903. The Bertz CT molecular complexity index is 911. The minimum absolute atomic E-state index is 0.102. The van der Waals surface area contributed by atoms with Crippen molar-refractivity contribution in [3.8, 4) is 0 Å². The van der Waals surface area contributed by atoms with Crippen molar-refractivity contribution in [3.63, 3.8) is 0 Å². The van der Waals surface area contributed by atoms with E-state index in [1.54, 1.807) is 19.9 Å². The minimum Gasteiger partial charge on any atom is -0.361 e. The molecule has 0 saturated carbocycles. The van der Waals surface area contributed by atoms with Gasteiger partial charge in [-0.25, -0.2) is 0 Å². The van der Waals surface area contributed by atoms with Crippen molar-refractivity contribution < 1.29 is 18.9 Å². The van der Waals surface area contributed by atoms with Crippen LogP contribution in [-0.2, 0) is 4.79 Å². The van der Waals surface area contributed by atoms with Gasteiger partial charge in [0, 0.05) is 13.1 Å². The van der Waals surface area contributed by atoms with Crippen molar-refractivity contribution in [2.24, 2.45) is 0 Å². The third-order valence-corrected chi connectivity index (χ3v) is 5.04. The van der Waals surface area contributed by atoms with E-state index in [1.807, 2.05) is 31.2 Å². The van der Waals surface area contributed by atoms with E-state index < -0.39 is 0 Å². The van der Waals surface area contributed by atoms with E-state index in [-0.39, 0.29) is 30.1 Å². The van der Waals surface area contributed by atoms with Crippen molar-refractivity contribution in [2.75, 3.05) is 13.1 Å². The van der Waals surface area contributed by atoms with Gasteiger partial charge >= 0.3 is 0 Å². The summed E-state index contributed by atoms with van der Waals surface area (Å²) in [6.07, 6.45) is 1.70. The van der Waals surface area contributed by atoms with Crippen LogP contribution in [0.5, 0.6) is 0 Å². The number of benzene rings is 1. The van der Waals surface area contributed by atoms with Gasteiger partial charge < -0.3 is 9.84 Å². The van der Waals surface area contributed by atoms with E-state index in [4.69, 9.17) is 4.52 Å². The van der Waals surface area contributed by atoms with Gasteiger partial charge in [-0.05, 0) is 44.2 Å². The Morgan fingerprint density at radius 2 is 1.93 bits per heavy atom. The largest absolute Gasteiger partial charge is 0.361 e. The molecule has 3 rings (SSSR count). The Balaban J connectivity index is 1.61. The van der Waals surface area contributed by atoms with Gasteiger partial charge in [0.2, 0.25) is 0 Å². The molecule has 140 valence electrons. The standard InChI is InChI=1S/C19H19N3O4S/c1-11-4-6-14(7-5-11)10-15-18(24)22(19(25)27-15)9-8-20-17(23)16-12(2)21-26-13(16)3/h4-7,10H,8-9H2,1-3H3,(H,20,23)/b15-10-. The molecule has 0 radical (unpaired) electrons. The Hall–Kier alpha value is -2.87. The van der Waals surface area contributed by atoms with Crippen LogP contribution in [-0.4, -0.2) is 40.2 Å². The summed E-state index contributed by atoms with van der Waals surface area (Å²) < 4.78 is 4.97. The van der Waals surface area contributed by atoms with Crippen LogP contribution >= 0.6 is 11.8 Å². The van der Waals surface area contributed by atoms with Gasteiger partial charge in [-0.2, -0.15) is 0 Å². The number of carbonyl (C=O) groups excluding carboxylic acids is 3. The van der Waals surface area contributed by atoms with E-state index in [2.05, 4.69) is 10.5 Å². The molecule has 0 unspecified atom stereocenters. The number of aryl methyl sites for hydroxylation is 3. The highest BCUT2D eigenvalue weighted by Crippen LogP contribution is 2.31. The Labute approximate surface area is 160 Å². The smallest absolute Gasteiger partial charge is 0.293 e. The monoisotopic (exact) mass is 385 g/mol. The van der Waals surface area contributed by atoms with Crippen LogP contribution in [0.25, 0.3) is 6.08 Å². The topological polar surface area (TPSA) is 92.5 Å². The zero-order valence-corrected chi connectivity index (χ0v) is 16.1. The van der Waals surface area contributed by atoms with E-state index >= 15 is 0 Å². The molecular weight excluding hydrogens is 366 g/mol. The fourth-order valence-electron chi connectivity index (χ4n) is 2.68. The third kappa shape index (κ3) is 4.11. The summed E-state index contributed by atoms with van der Waals surface area (Å²) in [4.78, 5) is 38.3. The van der Waals surface area contributed by atoms with Crippen molar-refractivity contribution in [1.82, 2.24) is 15.4 Å². The minimum atomic E-state index is -0.350. The molecule has 1 aliphatic rings. The summed E-state index contributed by atoms with van der Waals surface area (Å²) in [5, 5.41) is 6.09. The number of rotatable bonds is 5. The van der Waals surface area contributed by atoms with Crippen LogP contribution < -0.4 is 5.32 Å². The van der Waals surface area contributed by atoms with Crippen molar-refractivity contribution >= 4 is 34.9 Å². The summed E-state index contributed by atoms with van der Waals surface area (Å²) in [5.74, 6) is -0.261. The summed E-state index contributed by atoms with van der Waals surface area (Å²) in [6.45, 7) is 5.57. The first-order chi connectivity index (χ1) is 12.9. The molecule has 0 aliphatic carbocycles. The zero-order chi connectivity index (χ0) is 19.6. The number of thioether (sulfide) groups is 1. The van der Waals surface area contributed by atoms with Crippen LogP contribution in [0.2, 0.25) is 0 Å². The highest BCUT2D eigenvalue weighted by Gasteiger charge is 2.34. The molecule has 0 atom stereocenters. The molecule has 1 N–H and O–H groups in total. The highest BCUT2D eigenvalue weighted by atomic mass is 32.2. The van der Waals surface area contributed by atoms with E-state index in [0.717, 1.165) is 27.8 Å². The lowest BCUT2D eigenvalue weighted by atomic mass is 10.1. The quantitative estimate of drug-likeness (QED) is 0.795. The van der Waals surface area contributed by atoms with Crippen LogP contribution in [0.4, 0.5) is 4.79 Å². The lowest BCUT2D eigenvalue weighted by Gasteiger charge is -2.12. The lowest BCUT2D eigenvalue weighted by Crippen LogP contribution is -2.37. The molecule has 0 spiro atoms. The summed E-state index contributed by atoms with van der Waals surface area (Å²) in [6, 6.07) is 7.68. The maximum Gasteiger partial charge on any atom is 0.293 e. The van der Waals surface area contributed by atoms with Crippen LogP contribution in [0, 0.1) is 20.8 Å². The van der Waals surface area contributed by atoms with Crippen molar-refractivity contribution in [2.45, 2.75) is 20.8 Å². The van der Waals surface area contributed by atoms with Gasteiger partial charge in [0.1, 0.15) is 11.3 Å². The maximum absolute atomic E-state index is 12.5. The van der Waals surface area contributed by atoms with Gasteiger partial charge in [0.05, 0.1) is 10.6 Å². The molecule has 7 nitrogen and oxygen atoms in total. The molecule has 27 heavy (non-hydrogen) atoms. The zero-order valence-electron chi connectivity index (χ0n) is 15.2. The van der Waals surface area contributed by atoms with Crippen LogP contribution in [0.3, 0.4) is 0 Å². The predicted octanol–water partition coefficient (Wildman–Crippen LogP) is 3.07. The molecule has 2 heterocycles. The Morgan fingerprint density at radius 3 is 2.56 bits per heavy atom.